The number of hydrogen-bond donors (Lipinski definition) is 1. The van der Waals surface area contributed by atoms with Gasteiger partial charge >= 0.3 is 0 Å². The van der Waals surface area contributed by atoms with Crippen molar-refractivity contribution in [2.45, 2.75) is 59.0 Å². The summed E-state index contributed by atoms with van der Waals surface area (Å²) in [6, 6.07) is 20.4. The van der Waals surface area contributed by atoms with Gasteiger partial charge in [0.25, 0.3) is 0 Å². The van der Waals surface area contributed by atoms with Gasteiger partial charge in [0.2, 0.25) is 11.8 Å². The fourth-order valence-corrected chi connectivity index (χ4v) is 4.55. The first-order valence-electron chi connectivity index (χ1n) is 12.4. The Bertz CT molecular complexity index is 1180. The van der Waals surface area contributed by atoms with E-state index in [-0.39, 0.29) is 24.8 Å². The molecule has 0 heterocycles. The van der Waals surface area contributed by atoms with Gasteiger partial charge in [-0.2, -0.15) is 0 Å². The van der Waals surface area contributed by atoms with Crippen LogP contribution < -0.4 is 5.32 Å². The predicted molar refractivity (Wildman–Crippen MR) is 148 cm³/mol. The minimum absolute atomic E-state index is 0.129. The third-order valence-electron chi connectivity index (χ3n) is 6.38. The number of nitrogens with one attached hydrogen (secondary N) is 1. The number of amides is 2. The average Bonchev–Trinajstić information content (AvgIpc) is 2.85. The summed E-state index contributed by atoms with van der Waals surface area (Å²) in [7, 11) is 0. The van der Waals surface area contributed by atoms with Crippen LogP contribution in [0.15, 0.2) is 66.7 Å². The molecule has 0 aliphatic carbocycles. The highest BCUT2D eigenvalue weighted by molar-refractivity contribution is 6.35. The Labute approximate surface area is 224 Å². The van der Waals surface area contributed by atoms with Crippen molar-refractivity contribution in [3.05, 3.63) is 105 Å². The van der Waals surface area contributed by atoms with Crippen molar-refractivity contribution in [1.29, 1.82) is 0 Å². The number of nitrogens with zero attached hydrogens (tertiary/aromatic N) is 1. The minimum Gasteiger partial charge on any atom is -0.354 e. The molecule has 3 aromatic rings. The molecule has 0 bridgehead atoms. The van der Waals surface area contributed by atoms with Crippen LogP contribution >= 0.6 is 23.2 Å². The van der Waals surface area contributed by atoms with Gasteiger partial charge in [0, 0.05) is 29.6 Å². The van der Waals surface area contributed by atoms with Crippen molar-refractivity contribution in [3.8, 4) is 0 Å². The van der Waals surface area contributed by atoms with E-state index in [0.717, 1.165) is 35.1 Å². The Hall–Kier alpha value is -2.82. The molecule has 0 aromatic heterocycles. The molecule has 0 spiro atoms. The maximum absolute atomic E-state index is 13.8. The van der Waals surface area contributed by atoms with Crippen molar-refractivity contribution >= 4 is 35.0 Å². The van der Waals surface area contributed by atoms with Crippen LogP contribution in [0.3, 0.4) is 0 Å². The van der Waals surface area contributed by atoms with Gasteiger partial charge in [0.1, 0.15) is 6.04 Å². The van der Waals surface area contributed by atoms with E-state index in [1.807, 2.05) is 68.4 Å². The molecule has 0 aliphatic rings. The van der Waals surface area contributed by atoms with E-state index in [9.17, 15) is 9.59 Å². The van der Waals surface area contributed by atoms with Gasteiger partial charge in [0.05, 0.1) is 6.42 Å². The van der Waals surface area contributed by atoms with Crippen LogP contribution in [0.4, 0.5) is 0 Å². The smallest absolute Gasteiger partial charge is 0.243 e. The first kappa shape index (κ1) is 27.8. The van der Waals surface area contributed by atoms with Gasteiger partial charge in [-0.25, -0.2) is 0 Å². The Balaban J connectivity index is 1.98. The van der Waals surface area contributed by atoms with E-state index >= 15 is 0 Å². The lowest BCUT2D eigenvalue weighted by Gasteiger charge is -2.32. The second kappa shape index (κ2) is 13.5. The van der Waals surface area contributed by atoms with Crippen LogP contribution in [-0.2, 0) is 29.0 Å². The number of halogens is 2. The third-order valence-corrected chi connectivity index (χ3v) is 6.97. The Morgan fingerprint density at radius 1 is 0.917 bits per heavy atom. The molecular formula is C30H34Cl2N2O2. The van der Waals surface area contributed by atoms with Crippen LogP contribution in [0.5, 0.6) is 0 Å². The zero-order chi connectivity index (χ0) is 26.1. The molecule has 1 unspecified atom stereocenters. The number of unbranched alkanes of at least 4 members (excludes halogenated alkanes) is 1. The summed E-state index contributed by atoms with van der Waals surface area (Å²) in [5.41, 5.74) is 4.95. The first-order valence-corrected chi connectivity index (χ1v) is 13.1. The normalized spacial score (nSPS) is 11.7. The quantitative estimate of drug-likeness (QED) is 0.283. The molecule has 190 valence electrons. The molecule has 2 amide bonds. The topological polar surface area (TPSA) is 49.4 Å². The highest BCUT2D eigenvalue weighted by Crippen LogP contribution is 2.25. The van der Waals surface area contributed by atoms with E-state index in [1.54, 1.807) is 17.0 Å². The molecule has 3 rings (SSSR count). The van der Waals surface area contributed by atoms with Gasteiger partial charge in [-0.1, -0.05) is 91.1 Å². The second-order valence-electron chi connectivity index (χ2n) is 9.20. The van der Waals surface area contributed by atoms with E-state index in [0.29, 0.717) is 23.0 Å². The van der Waals surface area contributed by atoms with Crippen LogP contribution in [0.1, 0.15) is 47.6 Å². The number of carbonyl (C=O) groups is 2. The summed E-state index contributed by atoms with van der Waals surface area (Å²) < 4.78 is 0. The molecule has 0 saturated heterocycles. The standard InChI is InChI=1S/C30H34Cl2N2O2/c1-4-5-15-33-30(36)28(17-23-9-7-6-8-10-23)34(20-25-13-14-26(31)19-27(25)32)29(35)18-24-12-11-21(2)22(3)16-24/h6-14,16,19,28H,4-5,15,17-18,20H2,1-3H3,(H,33,36). The van der Waals surface area contributed by atoms with Gasteiger partial charge in [-0.15, -0.1) is 0 Å². The van der Waals surface area contributed by atoms with Crippen LogP contribution in [-0.4, -0.2) is 29.3 Å². The van der Waals surface area contributed by atoms with E-state index in [4.69, 9.17) is 23.2 Å². The highest BCUT2D eigenvalue weighted by atomic mass is 35.5. The zero-order valence-corrected chi connectivity index (χ0v) is 22.7. The third kappa shape index (κ3) is 7.84. The molecule has 0 aliphatic heterocycles. The van der Waals surface area contributed by atoms with Gasteiger partial charge in [0.15, 0.2) is 0 Å². The van der Waals surface area contributed by atoms with E-state index < -0.39 is 6.04 Å². The van der Waals surface area contributed by atoms with Crippen molar-refractivity contribution in [1.82, 2.24) is 10.2 Å². The minimum atomic E-state index is -0.685. The lowest BCUT2D eigenvalue weighted by Crippen LogP contribution is -2.51. The monoisotopic (exact) mass is 524 g/mol. The largest absolute Gasteiger partial charge is 0.354 e. The Morgan fingerprint density at radius 3 is 2.33 bits per heavy atom. The first-order chi connectivity index (χ1) is 17.3. The summed E-state index contributed by atoms with van der Waals surface area (Å²) in [4.78, 5) is 29.0. The highest BCUT2D eigenvalue weighted by Gasteiger charge is 2.30. The molecule has 1 N–H and O–H groups in total. The molecular weight excluding hydrogens is 491 g/mol. The summed E-state index contributed by atoms with van der Waals surface area (Å²) in [5, 5.41) is 4.03. The molecule has 0 saturated carbocycles. The van der Waals surface area contributed by atoms with Crippen LogP contribution in [0, 0.1) is 13.8 Å². The maximum Gasteiger partial charge on any atom is 0.243 e. The fraction of sp³-hybridized carbons (Fsp3) is 0.333. The van der Waals surface area contributed by atoms with Crippen molar-refractivity contribution < 1.29 is 9.59 Å². The van der Waals surface area contributed by atoms with Crippen LogP contribution in [0.25, 0.3) is 0 Å². The Kier molecular flexibility index (Phi) is 10.4. The molecule has 36 heavy (non-hydrogen) atoms. The molecule has 6 heteroatoms. The summed E-state index contributed by atoms with van der Waals surface area (Å²) >= 11 is 12.6. The average molecular weight is 526 g/mol. The lowest BCUT2D eigenvalue weighted by molar-refractivity contribution is -0.140. The van der Waals surface area contributed by atoms with Crippen LogP contribution in [0.2, 0.25) is 10.0 Å². The summed E-state index contributed by atoms with van der Waals surface area (Å²) in [5.74, 6) is -0.290. The molecule has 4 nitrogen and oxygen atoms in total. The zero-order valence-electron chi connectivity index (χ0n) is 21.2. The van der Waals surface area contributed by atoms with Gasteiger partial charge < -0.3 is 10.2 Å². The van der Waals surface area contributed by atoms with E-state index in [1.165, 1.54) is 5.56 Å². The second-order valence-corrected chi connectivity index (χ2v) is 10.0. The number of hydrogen-bond acceptors (Lipinski definition) is 2. The van der Waals surface area contributed by atoms with E-state index in [2.05, 4.69) is 12.2 Å². The predicted octanol–water partition coefficient (Wildman–Crippen LogP) is 6.71. The maximum atomic E-state index is 13.8. The SMILES string of the molecule is CCCCNC(=O)C(Cc1ccccc1)N(Cc1ccc(Cl)cc1Cl)C(=O)Cc1ccc(C)c(C)c1. The lowest BCUT2D eigenvalue weighted by atomic mass is 10.00. The van der Waals surface area contributed by atoms with Crippen molar-refractivity contribution in [3.63, 3.8) is 0 Å². The number of benzene rings is 3. The fourth-order valence-electron chi connectivity index (χ4n) is 4.08. The number of aryl methyl sites for hydroxylation is 2. The number of rotatable bonds is 11. The molecule has 0 radical (unpaired) electrons. The van der Waals surface area contributed by atoms with Crippen molar-refractivity contribution in [2.75, 3.05) is 6.54 Å². The Morgan fingerprint density at radius 2 is 1.67 bits per heavy atom. The molecule has 1 atom stereocenters. The summed E-state index contributed by atoms with van der Waals surface area (Å²) in [6.07, 6.45) is 2.45. The van der Waals surface area contributed by atoms with Gasteiger partial charge in [-0.05, 0) is 60.2 Å². The molecule has 3 aromatic carbocycles. The number of carbonyl (C=O) groups excluding carboxylic acids is 2. The van der Waals surface area contributed by atoms with Crippen molar-refractivity contribution in [2.24, 2.45) is 0 Å². The molecule has 0 fully saturated rings. The van der Waals surface area contributed by atoms with Gasteiger partial charge in [-0.3, -0.25) is 9.59 Å². The summed E-state index contributed by atoms with van der Waals surface area (Å²) in [6.45, 7) is 6.94.